The van der Waals surface area contributed by atoms with E-state index in [1.54, 1.807) is 0 Å². The summed E-state index contributed by atoms with van der Waals surface area (Å²) in [5.41, 5.74) is 5.18. The number of rotatable bonds is 6. The van der Waals surface area contributed by atoms with E-state index in [2.05, 4.69) is 10.6 Å². The molecule has 0 fully saturated rings. The van der Waals surface area contributed by atoms with Crippen molar-refractivity contribution in [3.63, 3.8) is 0 Å². The summed E-state index contributed by atoms with van der Waals surface area (Å²) in [6, 6.07) is -0.379. The molecule has 5 N–H and O–H groups in total. The minimum Gasteiger partial charge on any atom is -0.394 e. The molecule has 1 atom stereocenters. The van der Waals surface area contributed by atoms with Gasteiger partial charge >= 0.3 is 11.8 Å². The summed E-state index contributed by atoms with van der Waals surface area (Å²) in [7, 11) is 0. The molecule has 0 aromatic carbocycles. The number of nitrogens with one attached hydrogen (secondary N) is 2. The van der Waals surface area contributed by atoms with Gasteiger partial charge in [0.2, 0.25) is 0 Å². The monoisotopic (exact) mass is 231 g/mol. The van der Waals surface area contributed by atoms with E-state index < -0.39 is 11.8 Å². The summed E-state index contributed by atoms with van der Waals surface area (Å²) < 4.78 is 0. The normalized spacial score (nSPS) is 12.3. The molecule has 0 aromatic rings. The molecule has 94 valence electrons. The third kappa shape index (κ3) is 6.36. The summed E-state index contributed by atoms with van der Waals surface area (Å²) >= 11 is 0. The van der Waals surface area contributed by atoms with Gasteiger partial charge in [-0.1, -0.05) is 13.8 Å². The van der Waals surface area contributed by atoms with Crippen LogP contribution in [0.25, 0.3) is 0 Å². The third-order valence-corrected chi connectivity index (χ3v) is 1.95. The average Bonchev–Trinajstić information content (AvgIpc) is 2.23. The molecule has 2 amide bonds. The van der Waals surface area contributed by atoms with E-state index in [4.69, 9.17) is 10.8 Å². The summed E-state index contributed by atoms with van der Waals surface area (Å²) in [5.74, 6) is -1.11. The Morgan fingerprint density at radius 2 is 1.94 bits per heavy atom. The quantitative estimate of drug-likeness (QED) is 0.421. The molecule has 0 radical (unpaired) electrons. The minimum atomic E-state index is -0.729. The van der Waals surface area contributed by atoms with Gasteiger partial charge in [0.1, 0.15) is 0 Å². The molecule has 0 rings (SSSR count). The van der Waals surface area contributed by atoms with Crippen LogP contribution >= 0.6 is 0 Å². The number of aliphatic hydroxyl groups is 1. The van der Waals surface area contributed by atoms with E-state index in [1.165, 1.54) is 0 Å². The molecule has 6 heteroatoms. The number of hydrogen-bond acceptors (Lipinski definition) is 4. The van der Waals surface area contributed by atoms with Crippen LogP contribution in [0.3, 0.4) is 0 Å². The van der Waals surface area contributed by atoms with Crippen LogP contribution in [0, 0.1) is 5.92 Å². The predicted octanol–water partition coefficient (Wildman–Crippen LogP) is -1.42. The van der Waals surface area contributed by atoms with Gasteiger partial charge in [-0.05, 0) is 12.3 Å². The number of amides is 2. The highest BCUT2D eigenvalue weighted by Gasteiger charge is 2.18. The molecule has 0 aromatic heterocycles. The Kier molecular flexibility index (Phi) is 7.49. The second-order valence-electron chi connectivity index (χ2n) is 4.03. The highest BCUT2D eigenvalue weighted by molar-refractivity contribution is 6.35. The smallest absolute Gasteiger partial charge is 0.309 e. The lowest BCUT2D eigenvalue weighted by molar-refractivity contribution is -0.139. The zero-order valence-electron chi connectivity index (χ0n) is 9.82. The maximum atomic E-state index is 11.3. The van der Waals surface area contributed by atoms with E-state index in [-0.39, 0.29) is 25.7 Å². The lowest BCUT2D eigenvalue weighted by Gasteiger charge is -2.17. The second-order valence-corrected chi connectivity index (χ2v) is 4.03. The average molecular weight is 231 g/mol. The molecule has 0 aliphatic rings. The zero-order valence-corrected chi connectivity index (χ0v) is 9.82. The van der Waals surface area contributed by atoms with E-state index in [9.17, 15) is 9.59 Å². The SMILES string of the molecule is CC(C)CC(CO)NC(=O)C(=O)NCCN. The molecule has 0 bridgehead atoms. The van der Waals surface area contributed by atoms with Crippen molar-refractivity contribution < 1.29 is 14.7 Å². The minimum absolute atomic E-state index is 0.173. The summed E-state index contributed by atoms with van der Waals surface area (Å²) in [6.07, 6.45) is 0.631. The highest BCUT2D eigenvalue weighted by Crippen LogP contribution is 2.03. The van der Waals surface area contributed by atoms with Crippen LogP contribution in [0.4, 0.5) is 0 Å². The first-order valence-electron chi connectivity index (χ1n) is 5.40. The van der Waals surface area contributed by atoms with Crippen LogP contribution in [0.1, 0.15) is 20.3 Å². The fourth-order valence-corrected chi connectivity index (χ4v) is 1.27. The van der Waals surface area contributed by atoms with Crippen LogP contribution in [0.2, 0.25) is 0 Å². The molecular formula is C10H21N3O3. The molecule has 16 heavy (non-hydrogen) atoms. The number of nitrogens with two attached hydrogens (primary N) is 1. The van der Waals surface area contributed by atoms with Gasteiger partial charge in [-0.15, -0.1) is 0 Å². The maximum absolute atomic E-state index is 11.3. The van der Waals surface area contributed by atoms with Crippen LogP contribution in [-0.2, 0) is 9.59 Å². The largest absolute Gasteiger partial charge is 0.394 e. The summed E-state index contributed by atoms with van der Waals surface area (Å²) in [6.45, 7) is 4.33. The van der Waals surface area contributed by atoms with Gasteiger partial charge in [-0.3, -0.25) is 9.59 Å². The second kappa shape index (κ2) is 8.06. The van der Waals surface area contributed by atoms with Crippen molar-refractivity contribution in [3.8, 4) is 0 Å². The lowest BCUT2D eigenvalue weighted by atomic mass is 10.0. The van der Waals surface area contributed by atoms with E-state index in [0.29, 0.717) is 12.3 Å². The molecule has 0 saturated carbocycles. The Morgan fingerprint density at radius 3 is 2.38 bits per heavy atom. The Balaban J connectivity index is 4.03. The standard InChI is InChI=1S/C10H21N3O3/c1-7(2)5-8(6-14)13-10(16)9(15)12-4-3-11/h7-8,14H,3-6,11H2,1-2H3,(H,12,15)(H,13,16). The van der Waals surface area contributed by atoms with Gasteiger partial charge in [0.15, 0.2) is 0 Å². The van der Waals surface area contributed by atoms with Crippen molar-refractivity contribution >= 4 is 11.8 Å². The molecule has 0 aliphatic heterocycles. The fraction of sp³-hybridized carbons (Fsp3) is 0.800. The van der Waals surface area contributed by atoms with Gasteiger partial charge in [-0.25, -0.2) is 0 Å². The molecule has 6 nitrogen and oxygen atoms in total. The zero-order chi connectivity index (χ0) is 12.6. The Hall–Kier alpha value is -1.14. The molecule has 0 spiro atoms. The fourth-order valence-electron chi connectivity index (χ4n) is 1.27. The first-order chi connectivity index (χ1) is 7.51. The Bertz CT molecular complexity index is 231. The summed E-state index contributed by atoms with van der Waals surface area (Å²) in [4.78, 5) is 22.5. The van der Waals surface area contributed by atoms with Gasteiger partial charge in [0.25, 0.3) is 0 Å². The number of hydrogen-bond donors (Lipinski definition) is 4. The van der Waals surface area contributed by atoms with Gasteiger partial charge in [-0.2, -0.15) is 0 Å². The van der Waals surface area contributed by atoms with Crippen LogP contribution in [0.15, 0.2) is 0 Å². The van der Waals surface area contributed by atoms with Crippen molar-refractivity contribution in [2.24, 2.45) is 11.7 Å². The topological polar surface area (TPSA) is 104 Å². The number of carbonyl (C=O) groups is 2. The van der Waals surface area contributed by atoms with Gasteiger partial charge in [0.05, 0.1) is 12.6 Å². The van der Waals surface area contributed by atoms with Gasteiger partial charge < -0.3 is 21.5 Å². The predicted molar refractivity (Wildman–Crippen MR) is 60.5 cm³/mol. The third-order valence-electron chi connectivity index (χ3n) is 1.95. The van der Waals surface area contributed by atoms with Crippen LogP contribution in [0.5, 0.6) is 0 Å². The van der Waals surface area contributed by atoms with Crippen LogP contribution in [-0.4, -0.2) is 42.7 Å². The van der Waals surface area contributed by atoms with Gasteiger partial charge in [0, 0.05) is 13.1 Å². The molecule has 0 heterocycles. The number of carbonyl (C=O) groups excluding carboxylic acids is 2. The molecular weight excluding hydrogens is 210 g/mol. The maximum Gasteiger partial charge on any atom is 0.309 e. The van der Waals surface area contributed by atoms with E-state index in [1.807, 2.05) is 13.8 Å². The van der Waals surface area contributed by atoms with Crippen molar-refractivity contribution in [1.29, 1.82) is 0 Å². The summed E-state index contributed by atoms with van der Waals surface area (Å²) in [5, 5.41) is 13.8. The first-order valence-corrected chi connectivity index (χ1v) is 5.40. The van der Waals surface area contributed by atoms with Crippen molar-refractivity contribution in [2.75, 3.05) is 19.7 Å². The molecule has 0 aliphatic carbocycles. The van der Waals surface area contributed by atoms with Crippen molar-refractivity contribution in [2.45, 2.75) is 26.3 Å². The Labute approximate surface area is 95.6 Å². The first kappa shape index (κ1) is 14.9. The van der Waals surface area contributed by atoms with E-state index in [0.717, 1.165) is 0 Å². The number of aliphatic hydroxyl groups excluding tert-OH is 1. The van der Waals surface area contributed by atoms with Crippen molar-refractivity contribution in [1.82, 2.24) is 10.6 Å². The molecule has 1 unspecified atom stereocenters. The van der Waals surface area contributed by atoms with Crippen molar-refractivity contribution in [3.05, 3.63) is 0 Å². The van der Waals surface area contributed by atoms with E-state index >= 15 is 0 Å². The lowest BCUT2D eigenvalue weighted by Crippen LogP contribution is -2.47. The highest BCUT2D eigenvalue weighted by atomic mass is 16.3. The van der Waals surface area contributed by atoms with Crippen LogP contribution < -0.4 is 16.4 Å². The molecule has 0 saturated heterocycles. The Morgan fingerprint density at radius 1 is 1.31 bits per heavy atom.